The number of aliphatic hydroxyl groups excluding tert-OH is 1. The Morgan fingerprint density at radius 3 is 2.00 bits per heavy atom. The summed E-state index contributed by atoms with van der Waals surface area (Å²) in [5, 5.41) is 15.9. The van der Waals surface area contributed by atoms with E-state index in [-0.39, 0.29) is 11.6 Å². The van der Waals surface area contributed by atoms with Crippen molar-refractivity contribution in [3.63, 3.8) is 0 Å². The van der Waals surface area contributed by atoms with E-state index >= 15 is 0 Å². The Hall–Kier alpha value is -0.770. The molecule has 0 aromatic rings. The summed E-state index contributed by atoms with van der Waals surface area (Å²) in [6.07, 6.45) is 7.03. The van der Waals surface area contributed by atoms with Crippen molar-refractivity contribution >= 4 is 6.03 Å². The van der Waals surface area contributed by atoms with E-state index in [2.05, 4.69) is 10.6 Å². The van der Waals surface area contributed by atoms with E-state index < -0.39 is 11.6 Å². The van der Waals surface area contributed by atoms with Gasteiger partial charge in [-0.3, -0.25) is 0 Å². The van der Waals surface area contributed by atoms with Gasteiger partial charge < -0.3 is 15.7 Å². The van der Waals surface area contributed by atoms with Gasteiger partial charge in [0.15, 0.2) is 0 Å². The Kier molecular flexibility index (Phi) is 3.27. The lowest BCUT2D eigenvalue weighted by Crippen LogP contribution is -2.64. The first kappa shape index (κ1) is 14.2. The molecule has 0 saturated heterocycles. The molecule has 0 heterocycles. The third-order valence-electron chi connectivity index (χ3n) is 5.90. The van der Waals surface area contributed by atoms with Gasteiger partial charge >= 0.3 is 6.03 Å². The smallest absolute Gasteiger partial charge is 0.315 e. The average Bonchev–Trinajstić information content (AvgIpc) is 2.24. The molecule has 4 saturated carbocycles. The van der Waals surface area contributed by atoms with E-state index in [1.807, 2.05) is 13.8 Å². The molecule has 4 aliphatic rings. The summed E-state index contributed by atoms with van der Waals surface area (Å²) in [5.41, 5.74) is -0.556. The number of aliphatic hydroxyl groups is 1. The molecule has 20 heavy (non-hydrogen) atoms. The Balaban J connectivity index is 1.64. The number of carbonyl (C=O) groups is 1. The molecule has 0 spiro atoms. The molecule has 114 valence electrons. The van der Waals surface area contributed by atoms with E-state index in [0.29, 0.717) is 0 Å². The topological polar surface area (TPSA) is 61.4 Å². The van der Waals surface area contributed by atoms with Crippen molar-refractivity contribution in [2.45, 2.75) is 76.5 Å². The maximum atomic E-state index is 12.3. The maximum absolute atomic E-state index is 12.3. The van der Waals surface area contributed by atoms with Crippen LogP contribution < -0.4 is 10.6 Å². The van der Waals surface area contributed by atoms with E-state index in [1.54, 1.807) is 6.92 Å². The molecule has 0 aromatic carbocycles. The van der Waals surface area contributed by atoms with Gasteiger partial charge in [0.2, 0.25) is 0 Å². The third kappa shape index (κ3) is 2.54. The molecule has 2 amide bonds. The van der Waals surface area contributed by atoms with Gasteiger partial charge in [0.05, 0.1) is 11.6 Å². The molecule has 1 unspecified atom stereocenters. The van der Waals surface area contributed by atoms with Gasteiger partial charge in [-0.2, -0.15) is 0 Å². The highest BCUT2D eigenvalue weighted by molar-refractivity contribution is 5.75. The molecule has 4 aliphatic carbocycles. The lowest BCUT2D eigenvalue weighted by molar-refractivity contribution is -0.0144. The number of hydrogen-bond donors (Lipinski definition) is 3. The zero-order valence-electron chi connectivity index (χ0n) is 12.9. The highest BCUT2D eigenvalue weighted by Gasteiger charge is 2.51. The first-order valence-electron chi connectivity index (χ1n) is 8.06. The van der Waals surface area contributed by atoms with Crippen LogP contribution in [0.15, 0.2) is 0 Å². The Labute approximate surface area is 121 Å². The summed E-state index contributed by atoms with van der Waals surface area (Å²) >= 11 is 0. The molecule has 4 rings (SSSR count). The van der Waals surface area contributed by atoms with Crippen molar-refractivity contribution < 1.29 is 9.90 Å². The highest BCUT2D eigenvalue weighted by Crippen LogP contribution is 2.55. The molecular formula is C16H28N2O2. The van der Waals surface area contributed by atoms with E-state index in [9.17, 15) is 9.90 Å². The molecule has 0 aliphatic heterocycles. The molecule has 3 N–H and O–H groups in total. The van der Waals surface area contributed by atoms with Gasteiger partial charge in [-0.1, -0.05) is 0 Å². The van der Waals surface area contributed by atoms with Crippen LogP contribution in [0.5, 0.6) is 0 Å². The molecule has 1 atom stereocenters. The molecule has 4 nitrogen and oxygen atoms in total. The zero-order valence-corrected chi connectivity index (χ0v) is 12.9. The first-order chi connectivity index (χ1) is 9.28. The number of hydrogen-bond acceptors (Lipinski definition) is 2. The summed E-state index contributed by atoms with van der Waals surface area (Å²) in [5.74, 6) is 2.48. The van der Waals surface area contributed by atoms with Gasteiger partial charge in [-0.05, 0) is 77.0 Å². The fourth-order valence-electron chi connectivity index (χ4n) is 4.93. The van der Waals surface area contributed by atoms with Gasteiger partial charge in [-0.15, -0.1) is 0 Å². The van der Waals surface area contributed by atoms with Crippen LogP contribution in [0.2, 0.25) is 0 Å². The summed E-state index contributed by atoms with van der Waals surface area (Å²) in [6.45, 7) is 5.43. The standard InChI is InChI=1S/C16H28N2O2/c1-10(19)15(2,3)17-14(20)18-16-7-11-4-12(8-16)6-13(5-11)9-16/h10-13,19H,4-9H2,1-3H3,(H2,17,18,20). The molecule has 4 heteroatoms. The van der Waals surface area contributed by atoms with Crippen LogP contribution in [-0.4, -0.2) is 28.3 Å². The fourth-order valence-corrected chi connectivity index (χ4v) is 4.93. The zero-order chi connectivity index (χ0) is 14.5. The largest absolute Gasteiger partial charge is 0.391 e. The van der Waals surface area contributed by atoms with Crippen LogP contribution in [0.3, 0.4) is 0 Å². The minimum Gasteiger partial charge on any atom is -0.391 e. The monoisotopic (exact) mass is 280 g/mol. The number of carbonyl (C=O) groups excluding carboxylic acids is 1. The van der Waals surface area contributed by atoms with Crippen molar-refractivity contribution in [3.05, 3.63) is 0 Å². The van der Waals surface area contributed by atoms with Crippen molar-refractivity contribution in [2.24, 2.45) is 17.8 Å². The second-order valence-electron chi connectivity index (χ2n) is 8.17. The van der Waals surface area contributed by atoms with Crippen LogP contribution >= 0.6 is 0 Å². The van der Waals surface area contributed by atoms with Crippen molar-refractivity contribution in [2.75, 3.05) is 0 Å². The van der Waals surface area contributed by atoms with Crippen molar-refractivity contribution in [3.8, 4) is 0 Å². The lowest BCUT2D eigenvalue weighted by atomic mass is 9.53. The van der Waals surface area contributed by atoms with Crippen molar-refractivity contribution in [1.29, 1.82) is 0 Å². The SMILES string of the molecule is CC(O)C(C)(C)NC(=O)NC12CC3CC(CC(C3)C1)C2. The summed E-state index contributed by atoms with van der Waals surface area (Å²) < 4.78 is 0. The second kappa shape index (κ2) is 4.62. The molecule has 4 fully saturated rings. The van der Waals surface area contributed by atoms with E-state index in [4.69, 9.17) is 0 Å². The number of amides is 2. The van der Waals surface area contributed by atoms with Gasteiger partial charge in [0.25, 0.3) is 0 Å². The molecule has 0 aromatic heterocycles. The highest BCUT2D eigenvalue weighted by atomic mass is 16.3. The van der Waals surface area contributed by atoms with E-state index in [0.717, 1.165) is 37.0 Å². The van der Waals surface area contributed by atoms with Crippen LogP contribution in [0.1, 0.15) is 59.3 Å². The minimum absolute atomic E-state index is 0.0353. The Morgan fingerprint density at radius 2 is 1.60 bits per heavy atom. The maximum Gasteiger partial charge on any atom is 0.315 e. The normalized spacial score (nSPS) is 40.5. The Bertz CT molecular complexity index is 368. The molecular weight excluding hydrogens is 252 g/mol. The summed E-state index contributed by atoms with van der Waals surface area (Å²) in [4.78, 5) is 12.3. The summed E-state index contributed by atoms with van der Waals surface area (Å²) in [7, 11) is 0. The minimum atomic E-state index is -0.591. The third-order valence-corrected chi connectivity index (χ3v) is 5.90. The first-order valence-corrected chi connectivity index (χ1v) is 8.06. The lowest BCUT2D eigenvalue weighted by Gasteiger charge is -2.57. The van der Waals surface area contributed by atoms with Gasteiger partial charge in [-0.25, -0.2) is 4.79 Å². The fraction of sp³-hybridized carbons (Fsp3) is 0.938. The van der Waals surface area contributed by atoms with Gasteiger partial charge in [0, 0.05) is 5.54 Å². The van der Waals surface area contributed by atoms with Gasteiger partial charge in [0.1, 0.15) is 0 Å². The van der Waals surface area contributed by atoms with E-state index in [1.165, 1.54) is 19.3 Å². The predicted octanol–water partition coefficient (Wildman–Crippen LogP) is 2.41. The number of urea groups is 1. The van der Waals surface area contributed by atoms with Crippen LogP contribution in [-0.2, 0) is 0 Å². The number of rotatable bonds is 3. The second-order valence-corrected chi connectivity index (χ2v) is 8.17. The average molecular weight is 280 g/mol. The van der Waals surface area contributed by atoms with Crippen LogP contribution in [0.25, 0.3) is 0 Å². The molecule has 0 radical (unpaired) electrons. The quantitative estimate of drug-likeness (QED) is 0.743. The Morgan fingerprint density at radius 1 is 1.15 bits per heavy atom. The van der Waals surface area contributed by atoms with Crippen LogP contribution in [0.4, 0.5) is 4.79 Å². The summed E-state index contributed by atoms with van der Waals surface area (Å²) in [6, 6.07) is -0.113. The molecule has 4 bridgehead atoms. The van der Waals surface area contributed by atoms with Crippen molar-refractivity contribution in [1.82, 2.24) is 10.6 Å². The predicted molar refractivity (Wildman–Crippen MR) is 78.3 cm³/mol. The number of nitrogens with one attached hydrogen (secondary N) is 2. The van der Waals surface area contributed by atoms with Crippen LogP contribution in [0, 0.1) is 17.8 Å².